The van der Waals surface area contributed by atoms with Crippen LogP contribution < -0.4 is 10.2 Å². The molecule has 2 aliphatic heterocycles. The van der Waals surface area contributed by atoms with Gasteiger partial charge in [0.1, 0.15) is 11.8 Å². The number of imide groups is 1. The highest BCUT2D eigenvalue weighted by atomic mass is 35.5. The van der Waals surface area contributed by atoms with Gasteiger partial charge in [0.25, 0.3) is 0 Å². The number of anilines is 1. The van der Waals surface area contributed by atoms with Gasteiger partial charge in [-0.1, -0.05) is 29.8 Å². The Balaban J connectivity index is 1.81. The molecule has 2 aromatic carbocycles. The van der Waals surface area contributed by atoms with Gasteiger partial charge < -0.3 is 10.2 Å². The van der Waals surface area contributed by atoms with E-state index >= 15 is 0 Å². The molecule has 2 saturated heterocycles. The molecule has 2 amide bonds. The number of hydrogen-bond acceptors (Lipinski definition) is 5. The number of nitrogens with one attached hydrogen (secondary N) is 1. The molecule has 3 N–H and O–H groups in total. The second-order valence-corrected chi connectivity index (χ2v) is 7.00. The van der Waals surface area contributed by atoms with Crippen LogP contribution in [0.2, 0.25) is 5.02 Å². The van der Waals surface area contributed by atoms with Gasteiger partial charge in [0.15, 0.2) is 0 Å². The monoisotopic (exact) mass is 386 g/mol. The first-order chi connectivity index (χ1) is 12.9. The minimum Gasteiger partial charge on any atom is -0.508 e. The van der Waals surface area contributed by atoms with Crippen molar-refractivity contribution < 1.29 is 24.6 Å². The molecular formula is C19H15ClN2O5. The third-order valence-corrected chi connectivity index (χ3v) is 5.32. The van der Waals surface area contributed by atoms with E-state index in [0.29, 0.717) is 10.7 Å². The predicted octanol–water partition coefficient (Wildman–Crippen LogP) is 1.95. The summed E-state index contributed by atoms with van der Waals surface area (Å²) in [5, 5.41) is 22.9. The first-order valence-corrected chi connectivity index (χ1v) is 8.68. The maximum absolute atomic E-state index is 13.1. The average molecular weight is 387 g/mol. The molecule has 0 aliphatic carbocycles. The number of hydrogen-bond donors (Lipinski definition) is 3. The van der Waals surface area contributed by atoms with E-state index in [1.54, 1.807) is 30.3 Å². The quantitative estimate of drug-likeness (QED) is 0.696. The number of carboxylic acids is 1. The summed E-state index contributed by atoms with van der Waals surface area (Å²) < 4.78 is 0. The molecule has 7 nitrogen and oxygen atoms in total. The van der Waals surface area contributed by atoms with Crippen molar-refractivity contribution in [1.82, 2.24) is 5.32 Å². The summed E-state index contributed by atoms with van der Waals surface area (Å²) in [5.41, 5.74) is 0.678. The van der Waals surface area contributed by atoms with Crippen LogP contribution in [0.4, 0.5) is 5.69 Å². The zero-order chi connectivity index (χ0) is 19.3. The van der Waals surface area contributed by atoms with Crippen LogP contribution in [-0.2, 0) is 14.4 Å². The van der Waals surface area contributed by atoms with E-state index in [-0.39, 0.29) is 11.3 Å². The normalized spacial score (nSPS) is 27.1. The Morgan fingerprint density at radius 1 is 1.04 bits per heavy atom. The molecule has 138 valence electrons. The molecule has 27 heavy (non-hydrogen) atoms. The Bertz CT molecular complexity index is 948. The lowest BCUT2D eigenvalue weighted by Crippen LogP contribution is -2.43. The minimum absolute atomic E-state index is 0.125. The fourth-order valence-corrected chi connectivity index (χ4v) is 4.11. The van der Waals surface area contributed by atoms with Crippen LogP contribution in [0, 0.1) is 11.8 Å². The van der Waals surface area contributed by atoms with Crippen molar-refractivity contribution in [1.29, 1.82) is 0 Å². The standard InChI is InChI=1S/C19H15ClN2O5/c20-9-6-7-12(23)11(8-9)15-13-14(16(21-15)19(26)27)18(25)22(17(13)24)10-4-2-1-3-5-10/h1-8,13-16,21,23H,(H,26,27)/t13-,14+,15+,16+/m0/s1. The third kappa shape index (κ3) is 2.67. The Labute approximate surface area is 159 Å². The minimum atomic E-state index is -1.25. The van der Waals surface area contributed by atoms with Gasteiger partial charge in [-0.15, -0.1) is 0 Å². The number of rotatable bonds is 3. The number of carbonyl (C=O) groups excluding carboxylic acids is 2. The smallest absolute Gasteiger partial charge is 0.321 e. The van der Waals surface area contributed by atoms with Crippen LogP contribution in [0.25, 0.3) is 0 Å². The number of amides is 2. The van der Waals surface area contributed by atoms with E-state index in [2.05, 4.69) is 5.32 Å². The molecule has 0 radical (unpaired) electrons. The molecule has 4 atom stereocenters. The van der Waals surface area contributed by atoms with Crippen LogP contribution in [0.3, 0.4) is 0 Å². The topological polar surface area (TPSA) is 107 Å². The fraction of sp³-hybridized carbons (Fsp3) is 0.211. The highest BCUT2D eigenvalue weighted by Crippen LogP contribution is 2.47. The number of para-hydroxylation sites is 1. The van der Waals surface area contributed by atoms with Crippen molar-refractivity contribution in [2.45, 2.75) is 12.1 Å². The Morgan fingerprint density at radius 2 is 1.70 bits per heavy atom. The van der Waals surface area contributed by atoms with Gasteiger partial charge >= 0.3 is 5.97 Å². The highest BCUT2D eigenvalue weighted by Gasteiger charge is 2.61. The van der Waals surface area contributed by atoms with Crippen molar-refractivity contribution in [3.63, 3.8) is 0 Å². The molecule has 2 aromatic rings. The van der Waals surface area contributed by atoms with Crippen molar-refractivity contribution >= 4 is 35.1 Å². The Morgan fingerprint density at radius 3 is 2.37 bits per heavy atom. The van der Waals surface area contributed by atoms with Crippen LogP contribution >= 0.6 is 11.6 Å². The predicted molar refractivity (Wildman–Crippen MR) is 96.3 cm³/mol. The summed E-state index contributed by atoms with van der Waals surface area (Å²) in [5.74, 6) is -4.45. The molecule has 2 aliphatic rings. The third-order valence-electron chi connectivity index (χ3n) is 5.08. The number of phenolic OH excluding ortho intramolecular Hbond substituents is 1. The average Bonchev–Trinajstić information content (AvgIpc) is 3.15. The lowest BCUT2D eigenvalue weighted by Gasteiger charge is -2.22. The number of aromatic hydroxyl groups is 1. The molecule has 0 bridgehead atoms. The van der Waals surface area contributed by atoms with E-state index in [1.807, 2.05) is 0 Å². The van der Waals surface area contributed by atoms with Crippen molar-refractivity contribution in [2.75, 3.05) is 4.90 Å². The largest absolute Gasteiger partial charge is 0.508 e. The number of halogens is 1. The van der Waals surface area contributed by atoms with Crippen LogP contribution in [0.15, 0.2) is 48.5 Å². The van der Waals surface area contributed by atoms with E-state index in [9.17, 15) is 24.6 Å². The van der Waals surface area contributed by atoms with Gasteiger partial charge in [-0.25, -0.2) is 4.90 Å². The number of aliphatic carboxylic acids is 1. The molecular weight excluding hydrogens is 372 g/mol. The summed E-state index contributed by atoms with van der Waals surface area (Å²) in [7, 11) is 0. The molecule has 0 saturated carbocycles. The molecule has 0 spiro atoms. The van der Waals surface area contributed by atoms with Crippen molar-refractivity contribution in [3.05, 3.63) is 59.1 Å². The molecule has 8 heteroatoms. The summed E-state index contributed by atoms with van der Waals surface area (Å²) >= 11 is 6.01. The zero-order valence-electron chi connectivity index (χ0n) is 13.9. The number of fused-ring (bicyclic) bond motifs is 1. The maximum Gasteiger partial charge on any atom is 0.321 e. The molecule has 2 fully saturated rings. The van der Waals surface area contributed by atoms with E-state index in [0.717, 1.165) is 4.90 Å². The van der Waals surface area contributed by atoms with Gasteiger partial charge in [0, 0.05) is 16.6 Å². The lowest BCUT2D eigenvalue weighted by molar-refractivity contribution is -0.142. The van der Waals surface area contributed by atoms with Crippen LogP contribution in [-0.4, -0.2) is 34.0 Å². The van der Waals surface area contributed by atoms with E-state index < -0.39 is 41.7 Å². The zero-order valence-corrected chi connectivity index (χ0v) is 14.6. The number of benzene rings is 2. The first kappa shape index (κ1) is 17.5. The molecule has 0 aromatic heterocycles. The second kappa shape index (κ2) is 6.37. The summed E-state index contributed by atoms with van der Waals surface area (Å²) in [4.78, 5) is 38.8. The second-order valence-electron chi connectivity index (χ2n) is 6.56. The number of nitrogens with zero attached hydrogens (tertiary/aromatic N) is 1. The Hall–Kier alpha value is -2.90. The van der Waals surface area contributed by atoms with Gasteiger partial charge in [-0.3, -0.25) is 19.7 Å². The lowest BCUT2D eigenvalue weighted by atomic mass is 9.86. The van der Waals surface area contributed by atoms with Crippen LogP contribution in [0.1, 0.15) is 11.6 Å². The highest BCUT2D eigenvalue weighted by molar-refractivity contribution is 6.30. The molecule has 2 heterocycles. The molecule has 4 rings (SSSR count). The Kier molecular flexibility index (Phi) is 4.13. The van der Waals surface area contributed by atoms with Crippen molar-refractivity contribution in [3.8, 4) is 5.75 Å². The first-order valence-electron chi connectivity index (χ1n) is 8.30. The van der Waals surface area contributed by atoms with Gasteiger partial charge in [-0.05, 0) is 30.3 Å². The van der Waals surface area contributed by atoms with E-state index in [4.69, 9.17) is 11.6 Å². The van der Waals surface area contributed by atoms with Gasteiger partial charge in [0.2, 0.25) is 11.8 Å². The summed E-state index contributed by atoms with van der Waals surface area (Å²) in [6.07, 6.45) is 0. The number of phenols is 1. The summed E-state index contributed by atoms with van der Waals surface area (Å²) in [6, 6.07) is 10.6. The van der Waals surface area contributed by atoms with Crippen LogP contribution in [0.5, 0.6) is 5.75 Å². The maximum atomic E-state index is 13.1. The van der Waals surface area contributed by atoms with Crippen molar-refractivity contribution in [2.24, 2.45) is 11.8 Å². The van der Waals surface area contributed by atoms with Gasteiger partial charge in [-0.2, -0.15) is 0 Å². The van der Waals surface area contributed by atoms with E-state index in [1.165, 1.54) is 18.2 Å². The number of carbonyl (C=O) groups is 3. The van der Waals surface area contributed by atoms with Gasteiger partial charge in [0.05, 0.1) is 17.5 Å². The summed E-state index contributed by atoms with van der Waals surface area (Å²) in [6.45, 7) is 0. The molecule has 0 unspecified atom stereocenters. The number of carboxylic acid groups (broad SMARTS) is 1. The fourth-order valence-electron chi connectivity index (χ4n) is 3.93. The SMILES string of the molecule is O=C(O)[C@@H]1N[C@H](c2cc(Cl)ccc2O)[C@H]2C(=O)N(c3ccccc3)C(=O)[C@H]21.